The molecule has 5 rings (SSSR count). The zero-order chi connectivity index (χ0) is 26.6. The summed E-state index contributed by atoms with van der Waals surface area (Å²) in [6.45, 7) is 0. The van der Waals surface area contributed by atoms with Gasteiger partial charge in [0.1, 0.15) is 0 Å². The molecule has 192 valence electrons. The van der Waals surface area contributed by atoms with E-state index in [4.69, 9.17) is 16.6 Å². The Kier molecular flexibility index (Phi) is 6.54. The van der Waals surface area contributed by atoms with Gasteiger partial charge in [0.05, 0.1) is 0 Å². The van der Waals surface area contributed by atoms with E-state index in [0.29, 0.717) is 27.9 Å². The molecule has 0 aliphatic carbocycles. The van der Waals surface area contributed by atoms with E-state index in [9.17, 15) is 17.2 Å². The number of rotatable bonds is 6. The number of nitrogens with one attached hydrogen (secondary N) is 1. The van der Waals surface area contributed by atoms with Crippen molar-refractivity contribution in [2.45, 2.75) is 11.1 Å². The van der Waals surface area contributed by atoms with Gasteiger partial charge in [-0.1, -0.05) is 0 Å². The van der Waals surface area contributed by atoms with Crippen molar-refractivity contribution in [3.63, 3.8) is 0 Å². The second-order valence-electron chi connectivity index (χ2n) is 9.01. The van der Waals surface area contributed by atoms with Crippen LogP contribution in [-0.2, 0) is 30.5 Å². The number of hydrogen-bond acceptors (Lipinski definition) is 4. The number of nitrogens with zero attached hydrogens (tertiary/aromatic N) is 4. The van der Waals surface area contributed by atoms with Gasteiger partial charge in [-0.3, -0.25) is 0 Å². The molecular weight excluding hydrogens is 583 g/mol. The topological polar surface area (TPSA) is 81.8 Å². The number of aryl methyl sites for hydroxylation is 2. The van der Waals surface area contributed by atoms with Crippen LogP contribution in [0.5, 0.6) is 0 Å². The van der Waals surface area contributed by atoms with Gasteiger partial charge in [-0.05, 0) is 0 Å². The van der Waals surface area contributed by atoms with E-state index in [1.54, 1.807) is 17.8 Å². The summed E-state index contributed by atoms with van der Waals surface area (Å²) in [4.78, 5) is 4.97. The van der Waals surface area contributed by atoms with Gasteiger partial charge < -0.3 is 0 Å². The second-order valence-corrected chi connectivity index (χ2v) is 12.8. The maximum absolute atomic E-state index is 13.9. The van der Waals surface area contributed by atoms with Crippen molar-refractivity contribution in [3.8, 4) is 11.1 Å². The van der Waals surface area contributed by atoms with Crippen molar-refractivity contribution in [2.75, 3.05) is 11.0 Å². The molecule has 0 saturated heterocycles. The van der Waals surface area contributed by atoms with Crippen LogP contribution in [0.4, 0.5) is 14.6 Å². The van der Waals surface area contributed by atoms with E-state index in [2.05, 4.69) is 9.82 Å². The molecular formula is C25H23AsClF2N5O2S. The molecule has 7 nitrogen and oxygen atoms in total. The van der Waals surface area contributed by atoms with Gasteiger partial charge in [0, 0.05) is 0 Å². The Morgan fingerprint density at radius 1 is 1.08 bits per heavy atom. The predicted molar refractivity (Wildman–Crippen MR) is 145 cm³/mol. The third-order valence-corrected chi connectivity index (χ3v) is 8.17. The molecule has 0 amide bonds. The summed E-state index contributed by atoms with van der Waals surface area (Å²) >= 11 is 7.90. The molecule has 2 unspecified atom stereocenters. The number of pyridine rings is 1. The van der Waals surface area contributed by atoms with Gasteiger partial charge in [0.2, 0.25) is 0 Å². The van der Waals surface area contributed by atoms with Crippen LogP contribution in [0, 0.1) is 11.6 Å². The Morgan fingerprint density at radius 2 is 1.78 bits per heavy atom. The first kappa shape index (κ1) is 25.7. The molecule has 37 heavy (non-hydrogen) atoms. The minimum absolute atomic E-state index is 0.133. The summed E-state index contributed by atoms with van der Waals surface area (Å²) < 4.78 is 57.6. The van der Waals surface area contributed by atoms with Crippen LogP contribution < -0.4 is 4.72 Å². The number of fused-ring (bicyclic) bond motifs is 2. The molecule has 5 aromatic rings. The summed E-state index contributed by atoms with van der Waals surface area (Å²) in [5.41, 5.74) is 5.18. The molecule has 2 aromatic carbocycles. The van der Waals surface area contributed by atoms with Gasteiger partial charge in [-0.2, -0.15) is 0 Å². The van der Waals surface area contributed by atoms with Crippen molar-refractivity contribution in [3.05, 3.63) is 76.6 Å². The molecule has 0 bridgehead atoms. The van der Waals surface area contributed by atoms with Crippen LogP contribution >= 0.6 is 11.6 Å². The average Bonchev–Trinajstić information content (AvgIpc) is 3.31. The van der Waals surface area contributed by atoms with Crippen LogP contribution in [-0.4, -0.2) is 50.9 Å². The Hall–Kier alpha value is -2.94. The van der Waals surface area contributed by atoms with Gasteiger partial charge in [0.25, 0.3) is 0 Å². The van der Waals surface area contributed by atoms with Crippen molar-refractivity contribution in [1.82, 2.24) is 19.3 Å². The quantitative estimate of drug-likeness (QED) is 0.292. The van der Waals surface area contributed by atoms with E-state index in [1.165, 1.54) is 29.0 Å². The van der Waals surface area contributed by atoms with E-state index in [1.807, 2.05) is 36.0 Å². The standard InChI is InChI=1S/C25H23AsClF2N5O2S/c1-33-7-6-20-21(33)12-17(23(30-20)18(26)10-13-8-14(28)11-15(29)9-13)16-4-5-19(27)22-24(16)34(2)31-25(22)32-37(3,35)36/h4-9,11-12,18H,10,26H2,1-3H3,(H,31,32). The number of benzene rings is 2. The predicted octanol–water partition coefficient (Wildman–Crippen LogP) is 4.35. The molecule has 1 N–H and O–H groups in total. The fourth-order valence-electron chi connectivity index (χ4n) is 4.62. The summed E-state index contributed by atoms with van der Waals surface area (Å²) in [6, 6.07) is 11.0. The van der Waals surface area contributed by atoms with E-state index >= 15 is 0 Å². The van der Waals surface area contributed by atoms with Crippen LogP contribution in [0.25, 0.3) is 33.1 Å². The van der Waals surface area contributed by atoms with E-state index < -0.39 is 21.7 Å². The monoisotopic (exact) mass is 605 g/mol. The molecule has 0 aliphatic heterocycles. The molecule has 0 radical (unpaired) electrons. The van der Waals surface area contributed by atoms with Crippen molar-refractivity contribution >= 4 is 66.2 Å². The molecule has 3 heterocycles. The van der Waals surface area contributed by atoms with Crippen LogP contribution in [0.1, 0.15) is 16.0 Å². The molecule has 0 fully saturated rings. The first-order valence-electron chi connectivity index (χ1n) is 11.2. The van der Waals surface area contributed by atoms with Crippen LogP contribution in [0.15, 0.2) is 48.7 Å². The SMILES string of the molecule is Cn1ccc2nc(C([AsH2])Cc3cc(F)cc(F)c3)c(-c3ccc(Cl)c4c(NS(C)(=O)=O)nn(C)c34)cc21. The van der Waals surface area contributed by atoms with Gasteiger partial charge in [0.15, 0.2) is 0 Å². The summed E-state index contributed by atoms with van der Waals surface area (Å²) in [5, 5.41) is 5.21. The number of aromatic nitrogens is 4. The minimum atomic E-state index is -3.60. The summed E-state index contributed by atoms with van der Waals surface area (Å²) in [7, 11) is 0.0389. The second kappa shape index (κ2) is 9.42. The maximum atomic E-state index is 13.9. The summed E-state index contributed by atoms with van der Waals surface area (Å²) in [5.74, 6) is -1.11. The fourth-order valence-corrected chi connectivity index (χ4v) is 6.46. The molecule has 2 atom stereocenters. The fraction of sp³-hybridized carbons (Fsp3) is 0.200. The van der Waals surface area contributed by atoms with E-state index in [0.717, 1.165) is 40.2 Å². The molecule has 12 heteroatoms. The Bertz CT molecular complexity index is 1780. The van der Waals surface area contributed by atoms with Crippen molar-refractivity contribution < 1.29 is 17.2 Å². The molecule has 0 saturated carbocycles. The normalized spacial score (nSPS) is 12.9. The molecule has 3 aromatic heterocycles. The summed E-state index contributed by atoms with van der Waals surface area (Å²) in [6.07, 6.45) is 3.35. The first-order chi connectivity index (χ1) is 17.4. The van der Waals surface area contributed by atoms with E-state index in [-0.39, 0.29) is 10.5 Å². The van der Waals surface area contributed by atoms with Gasteiger partial charge in [-0.15, -0.1) is 0 Å². The first-order valence-corrected chi connectivity index (χ1v) is 14.9. The number of anilines is 1. The average molecular weight is 606 g/mol. The number of sulfonamides is 1. The molecule has 0 spiro atoms. The van der Waals surface area contributed by atoms with Crippen LogP contribution in [0.3, 0.4) is 0 Å². The third kappa shape index (κ3) is 4.98. The third-order valence-electron chi connectivity index (χ3n) is 6.14. The van der Waals surface area contributed by atoms with Crippen LogP contribution in [0.2, 0.25) is 5.02 Å². The zero-order valence-electron chi connectivity index (χ0n) is 20.1. The van der Waals surface area contributed by atoms with Crippen molar-refractivity contribution in [2.24, 2.45) is 14.1 Å². The van der Waals surface area contributed by atoms with Gasteiger partial charge in [-0.25, -0.2) is 0 Å². The van der Waals surface area contributed by atoms with Crippen molar-refractivity contribution in [1.29, 1.82) is 0 Å². The Morgan fingerprint density at radius 3 is 2.46 bits per heavy atom. The Balaban J connectivity index is 1.74. The number of halogens is 3. The Labute approximate surface area is 226 Å². The molecule has 0 aliphatic rings. The zero-order valence-corrected chi connectivity index (χ0v) is 24.1. The van der Waals surface area contributed by atoms with Gasteiger partial charge >= 0.3 is 227 Å². The number of hydrogen-bond donors (Lipinski definition) is 1.